The Morgan fingerprint density at radius 3 is 2.56 bits per heavy atom. The van der Waals surface area contributed by atoms with E-state index in [4.69, 9.17) is 17.0 Å². The number of carbonyl (C=O) groups excluding carboxylic acids is 1. The lowest BCUT2D eigenvalue weighted by atomic mass is 9.97. The number of nitrogens with zero attached hydrogens (tertiary/aromatic N) is 4. The van der Waals surface area contributed by atoms with Crippen molar-refractivity contribution in [1.82, 2.24) is 9.47 Å². The third-order valence-corrected chi connectivity index (χ3v) is 7.42. The van der Waals surface area contributed by atoms with E-state index in [9.17, 15) is 14.9 Å². The van der Waals surface area contributed by atoms with E-state index in [0.29, 0.717) is 40.4 Å². The Hall–Kier alpha value is -2.15. The van der Waals surface area contributed by atoms with Crippen LogP contribution in [0.1, 0.15) is 49.8 Å². The molecule has 0 bridgehead atoms. The van der Waals surface area contributed by atoms with Crippen LogP contribution in [0.5, 0.6) is 0 Å². The summed E-state index contributed by atoms with van der Waals surface area (Å²) in [6, 6.07) is 2.10. The third-order valence-electron chi connectivity index (χ3n) is 6.04. The monoisotopic (exact) mass is 474 g/mol. The van der Waals surface area contributed by atoms with Gasteiger partial charge in [0.2, 0.25) is 0 Å². The Morgan fingerprint density at radius 2 is 1.97 bits per heavy atom. The molecule has 0 unspecified atom stereocenters. The van der Waals surface area contributed by atoms with Crippen LogP contribution in [0.3, 0.4) is 0 Å². The zero-order chi connectivity index (χ0) is 23.4. The summed E-state index contributed by atoms with van der Waals surface area (Å²) in [4.78, 5) is 30.5. The fourth-order valence-corrected chi connectivity index (χ4v) is 5.43. The molecule has 0 atom stereocenters. The first kappa shape index (κ1) is 24.5. The number of pyridine rings is 1. The Labute approximate surface area is 199 Å². The van der Waals surface area contributed by atoms with Crippen LogP contribution in [0.2, 0.25) is 0 Å². The van der Waals surface area contributed by atoms with Crippen molar-refractivity contribution in [3.05, 3.63) is 31.9 Å². The normalized spacial score (nSPS) is 18.7. The second-order valence-corrected chi connectivity index (χ2v) is 9.98. The number of aromatic nitrogens is 1. The lowest BCUT2D eigenvalue weighted by Crippen LogP contribution is -2.39. The van der Waals surface area contributed by atoms with Crippen LogP contribution in [0, 0.1) is 24.2 Å². The molecule has 0 spiro atoms. The lowest BCUT2D eigenvalue weighted by molar-refractivity contribution is -0.122. The molecule has 1 aromatic heterocycles. The highest BCUT2D eigenvalue weighted by Gasteiger charge is 2.33. The van der Waals surface area contributed by atoms with E-state index in [-0.39, 0.29) is 17.0 Å². The molecule has 2 saturated heterocycles. The molecule has 3 heterocycles. The minimum Gasteiger partial charge on any atom is -0.383 e. The van der Waals surface area contributed by atoms with Crippen molar-refractivity contribution >= 4 is 46.1 Å². The second kappa shape index (κ2) is 10.6. The van der Waals surface area contributed by atoms with Gasteiger partial charge in [-0.05, 0) is 43.7 Å². The highest BCUT2D eigenvalue weighted by Crippen LogP contribution is 2.36. The molecule has 32 heavy (non-hydrogen) atoms. The van der Waals surface area contributed by atoms with Crippen LogP contribution in [0.15, 0.2) is 9.70 Å². The molecule has 0 aromatic carbocycles. The van der Waals surface area contributed by atoms with Gasteiger partial charge in [-0.2, -0.15) is 5.26 Å². The molecule has 2 aliphatic heterocycles. The van der Waals surface area contributed by atoms with Crippen LogP contribution in [-0.2, 0) is 16.1 Å². The maximum Gasteiger partial charge on any atom is 0.270 e. The SMILES string of the molecule is CCCn1c(N2CCC(C)CC2)c(/C=C2\SC(=S)N(CCOC)C2=O)c(C)c(C#N)c1=O. The zero-order valence-corrected chi connectivity index (χ0v) is 20.8. The first-order valence-corrected chi connectivity index (χ1v) is 12.2. The van der Waals surface area contributed by atoms with Crippen molar-refractivity contribution in [2.75, 3.05) is 38.3 Å². The standard InChI is InChI=1S/C23H30N4O3S2/c1-5-8-26-20(25-9-6-15(2)7-10-25)17(16(3)18(14-24)21(26)28)13-19-22(29)27(11-12-30-4)23(31)32-19/h13,15H,5-12H2,1-4H3/b19-13-. The van der Waals surface area contributed by atoms with Crippen molar-refractivity contribution in [3.8, 4) is 6.07 Å². The number of thiocarbonyl (C=S) groups is 1. The Balaban J connectivity index is 2.18. The maximum atomic E-state index is 13.2. The van der Waals surface area contributed by atoms with Crippen LogP contribution < -0.4 is 10.5 Å². The van der Waals surface area contributed by atoms with Crippen molar-refractivity contribution < 1.29 is 9.53 Å². The predicted molar refractivity (Wildman–Crippen MR) is 133 cm³/mol. The molecular weight excluding hydrogens is 444 g/mol. The molecule has 172 valence electrons. The molecule has 3 rings (SSSR count). The van der Waals surface area contributed by atoms with Gasteiger partial charge in [0.15, 0.2) is 0 Å². The van der Waals surface area contributed by atoms with Crippen molar-refractivity contribution in [3.63, 3.8) is 0 Å². The molecule has 2 fully saturated rings. The Bertz CT molecular complexity index is 1030. The van der Waals surface area contributed by atoms with Crippen molar-refractivity contribution in [1.29, 1.82) is 5.26 Å². The number of hydrogen-bond acceptors (Lipinski definition) is 7. The topological polar surface area (TPSA) is 78.6 Å². The summed E-state index contributed by atoms with van der Waals surface area (Å²) >= 11 is 6.67. The van der Waals surface area contributed by atoms with Gasteiger partial charge in [0.05, 0.1) is 18.1 Å². The predicted octanol–water partition coefficient (Wildman–Crippen LogP) is 3.52. The molecule has 0 saturated carbocycles. The summed E-state index contributed by atoms with van der Waals surface area (Å²) in [5, 5.41) is 9.73. The van der Waals surface area contributed by atoms with Gasteiger partial charge in [-0.3, -0.25) is 19.1 Å². The van der Waals surface area contributed by atoms with E-state index in [2.05, 4.69) is 17.9 Å². The Morgan fingerprint density at radius 1 is 1.28 bits per heavy atom. The number of rotatable bonds is 7. The molecule has 7 nitrogen and oxygen atoms in total. The zero-order valence-electron chi connectivity index (χ0n) is 19.1. The molecule has 1 aromatic rings. The number of carbonyl (C=O) groups is 1. The summed E-state index contributed by atoms with van der Waals surface area (Å²) in [6.45, 7) is 9.04. The van der Waals surface area contributed by atoms with Gasteiger partial charge in [-0.25, -0.2) is 0 Å². The van der Waals surface area contributed by atoms with E-state index in [1.807, 2.05) is 13.0 Å². The number of methoxy groups -OCH3 is 1. The first-order valence-electron chi connectivity index (χ1n) is 11.0. The van der Waals surface area contributed by atoms with Gasteiger partial charge in [0.25, 0.3) is 11.5 Å². The molecule has 1 amide bonds. The van der Waals surface area contributed by atoms with E-state index in [1.165, 1.54) is 11.8 Å². The minimum atomic E-state index is -0.259. The number of piperidine rings is 1. The number of nitriles is 1. The summed E-state index contributed by atoms with van der Waals surface area (Å²) in [5.74, 6) is 1.28. The van der Waals surface area contributed by atoms with Crippen LogP contribution >= 0.6 is 24.0 Å². The van der Waals surface area contributed by atoms with E-state index >= 15 is 0 Å². The number of anilines is 1. The fraction of sp³-hybridized carbons (Fsp3) is 0.565. The first-order chi connectivity index (χ1) is 15.3. The van der Waals surface area contributed by atoms with E-state index in [0.717, 1.165) is 43.7 Å². The second-order valence-electron chi connectivity index (χ2n) is 8.30. The smallest absolute Gasteiger partial charge is 0.270 e. The number of amides is 1. The Kier molecular flexibility index (Phi) is 8.15. The average molecular weight is 475 g/mol. The van der Waals surface area contributed by atoms with Gasteiger partial charge in [-0.15, -0.1) is 0 Å². The van der Waals surface area contributed by atoms with E-state index in [1.54, 1.807) is 23.5 Å². The number of ether oxygens (including phenoxy) is 1. The highest BCUT2D eigenvalue weighted by atomic mass is 32.2. The van der Waals surface area contributed by atoms with Gasteiger partial charge in [-0.1, -0.05) is 37.8 Å². The van der Waals surface area contributed by atoms with Crippen LogP contribution in [0.25, 0.3) is 6.08 Å². The lowest BCUT2D eigenvalue weighted by Gasteiger charge is -2.35. The largest absolute Gasteiger partial charge is 0.383 e. The molecule has 0 aliphatic carbocycles. The fourth-order valence-electron chi connectivity index (χ4n) is 4.14. The summed E-state index contributed by atoms with van der Waals surface area (Å²) in [6.07, 6.45) is 4.67. The molecule has 0 N–H and O–H groups in total. The maximum absolute atomic E-state index is 13.2. The molecule has 0 radical (unpaired) electrons. The van der Waals surface area contributed by atoms with Gasteiger partial charge in [0.1, 0.15) is 21.8 Å². The quantitative estimate of drug-likeness (QED) is 0.442. The average Bonchev–Trinajstić information content (AvgIpc) is 3.04. The summed E-state index contributed by atoms with van der Waals surface area (Å²) in [7, 11) is 1.59. The molecular formula is C23H30N4O3S2. The van der Waals surface area contributed by atoms with E-state index < -0.39 is 0 Å². The molecule has 2 aliphatic rings. The van der Waals surface area contributed by atoms with Crippen molar-refractivity contribution in [2.24, 2.45) is 5.92 Å². The highest BCUT2D eigenvalue weighted by molar-refractivity contribution is 8.26. The summed E-state index contributed by atoms with van der Waals surface area (Å²) in [5.41, 5.74) is 1.25. The van der Waals surface area contributed by atoms with Gasteiger partial charge in [0, 0.05) is 32.3 Å². The minimum absolute atomic E-state index is 0.133. The van der Waals surface area contributed by atoms with Crippen LogP contribution in [-0.4, -0.2) is 53.0 Å². The summed E-state index contributed by atoms with van der Waals surface area (Å²) < 4.78 is 7.32. The molecule has 9 heteroatoms. The van der Waals surface area contributed by atoms with Gasteiger partial charge >= 0.3 is 0 Å². The van der Waals surface area contributed by atoms with Crippen LogP contribution in [0.4, 0.5) is 5.82 Å². The third kappa shape index (κ3) is 4.77. The van der Waals surface area contributed by atoms with Crippen molar-refractivity contribution in [2.45, 2.75) is 46.6 Å². The number of hydrogen-bond donors (Lipinski definition) is 0. The van der Waals surface area contributed by atoms with Gasteiger partial charge < -0.3 is 9.64 Å². The number of thioether (sulfide) groups is 1.